The zero-order valence-corrected chi connectivity index (χ0v) is 25.1. The second-order valence-electron chi connectivity index (χ2n) is 12.1. The van der Waals surface area contributed by atoms with Crippen LogP contribution in [0, 0.1) is 31.4 Å². The number of aromatic nitrogens is 2. The summed E-state index contributed by atoms with van der Waals surface area (Å²) in [4.78, 5) is 34.8. The number of carbonyl (C=O) groups is 2. The molecule has 1 saturated carbocycles. The van der Waals surface area contributed by atoms with Crippen LogP contribution in [-0.2, 0) is 15.8 Å². The Balaban J connectivity index is 1.42. The van der Waals surface area contributed by atoms with E-state index >= 15 is 4.39 Å². The quantitative estimate of drug-likeness (QED) is 0.221. The Kier molecular flexibility index (Phi) is 7.62. The Bertz CT molecular complexity index is 1920. The normalized spacial score (nSPS) is 18.6. The predicted molar refractivity (Wildman–Crippen MR) is 158 cm³/mol. The summed E-state index contributed by atoms with van der Waals surface area (Å²) < 4.78 is 66.3. The highest BCUT2D eigenvalue weighted by molar-refractivity contribution is 6.00. The van der Waals surface area contributed by atoms with E-state index in [1.165, 1.54) is 31.3 Å². The predicted octanol–water partition coefficient (Wildman–Crippen LogP) is 4.96. The monoisotopic (exact) mass is 638 g/mol. The van der Waals surface area contributed by atoms with Crippen LogP contribution in [0.3, 0.4) is 0 Å². The molecule has 0 saturated heterocycles. The number of hydrogen-bond acceptors (Lipinski definition) is 7. The number of carbonyl (C=O) groups excluding carboxylic acids is 2. The summed E-state index contributed by atoms with van der Waals surface area (Å²) in [7, 11) is 0. The van der Waals surface area contributed by atoms with Gasteiger partial charge in [-0.25, -0.2) is 13.8 Å². The minimum absolute atomic E-state index is 0.0171. The smallest absolute Gasteiger partial charge is 0.387 e. The van der Waals surface area contributed by atoms with Crippen LogP contribution in [0.2, 0.25) is 0 Å². The van der Waals surface area contributed by atoms with Crippen molar-refractivity contribution in [1.82, 2.24) is 15.3 Å². The first-order chi connectivity index (χ1) is 21.7. The standard InChI is InChI=1S/C33H30F4N4O5/c1-15-6-17-8-18(9-24(46-31(36)37)26(17)39-12-15)29(42)40-13-33(44,19-4-5-19)25-10-21-28(45-14-32(21,3)30(38)43)27(41-25)20-7-16(2)22(34)11-23(20)35/h6-12,19,31,44H,4-5,13-14H2,1-3H3,(H2,38,43)(H,40,42)/t32-,33+/m0/s1. The lowest BCUT2D eigenvalue weighted by molar-refractivity contribution is -0.123. The highest BCUT2D eigenvalue weighted by Gasteiger charge is 2.50. The number of nitrogens with two attached hydrogens (primary N) is 1. The van der Waals surface area contributed by atoms with Crippen molar-refractivity contribution in [2.24, 2.45) is 11.7 Å². The molecule has 1 aliphatic heterocycles. The van der Waals surface area contributed by atoms with Gasteiger partial charge >= 0.3 is 6.61 Å². The molecule has 0 radical (unpaired) electrons. The van der Waals surface area contributed by atoms with E-state index in [0.29, 0.717) is 24.3 Å². The van der Waals surface area contributed by atoms with Crippen molar-refractivity contribution in [2.75, 3.05) is 13.2 Å². The second-order valence-corrected chi connectivity index (χ2v) is 12.1. The molecule has 1 aliphatic carbocycles. The van der Waals surface area contributed by atoms with Gasteiger partial charge in [0.25, 0.3) is 5.91 Å². The van der Waals surface area contributed by atoms with Gasteiger partial charge in [0.15, 0.2) is 5.75 Å². The third-order valence-corrected chi connectivity index (χ3v) is 8.70. The lowest BCUT2D eigenvalue weighted by Gasteiger charge is -2.30. The van der Waals surface area contributed by atoms with Crippen LogP contribution in [0.4, 0.5) is 17.6 Å². The van der Waals surface area contributed by atoms with Crippen LogP contribution in [0.5, 0.6) is 11.5 Å². The summed E-state index contributed by atoms with van der Waals surface area (Å²) in [6, 6.07) is 7.72. The summed E-state index contributed by atoms with van der Waals surface area (Å²) in [5, 5.41) is 15.2. The van der Waals surface area contributed by atoms with Crippen LogP contribution < -0.4 is 20.5 Å². The Morgan fingerprint density at radius 3 is 2.57 bits per heavy atom. The molecule has 0 spiro atoms. The Labute approximate surface area is 260 Å². The number of aliphatic hydroxyl groups is 1. The van der Waals surface area contributed by atoms with E-state index in [1.807, 2.05) is 0 Å². The molecule has 13 heteroatoms. The average Bonchev–Trinajstić information content (AvgIpc) is 3.80. The van der Waals surface area contributed by atoms with E-state index in [4.69, 9.17) is 10.5 Å². The van der Waals surface area contributed by atoms with Gasteiger partial charge in [-0.05, 0) is 81.0 Å². The molecule has 0 bridgehead atoms. The lowest BCUT2D eigenvalue weighted by Crippen LogP contribution is -2.44. The number of amides is 2. The minimum atomic E-state index is -3.16. The van der Waals surface area contributed by atoms with Crippen LogP contribution in [0.15, 0.2) is 42.6 Å². The maximum atomic E-state index is 15.2. The van der Waals surface area contributed by atoms with Crippen molar-refractivity contribution in [3.05, 3.63) is 82.2 Å². The first kappa shape index (κ1) is 31.2. The Morgan fingerprint density at radius 1 is 1.15 bits per heavy atom. The number of pyridine rings is 2. The van der Waals surface area contributed by atoms with Gasteiger partial charge in [0, 0.05) is 34.3 Å². The van der Waals surface area contributed by atoms with Crippen molar-refractivity contribution in [3.8, 4) is 22.8 Å². The van der Waals surface area contributed by atoms with E-state index in [-0.39, 0.29) is 69.7 Å². The number of alkyl halides is 2. The number of benzene rings is 2. The third kappa shape index (κ3) is 5.38. The molecule has 2 atom stereocenters. The van der Waals surface area contributed by atoms with Gasteiger partial charge < -0.3 is 25.6 Å². The van der Waals surface area contributed by atoms with Gasteiger partial charge in [-0.1, -0.05) is 0 Å². The molecule has 1 fully saturated rings. The molecule has 6 rings (SSSR count). The molecule has 2 aliphatic rings. The SMILES string of the molecule is Cc1cnc2c(OC(F)F)cc(C(=O)NC[C@](O)(c3cc4c(c(-c5cc(C)c(F)cc5F)n3)OC[C@]4(C)C(N)=O)C3CC3)cc2c1. The fraction of sp³-hybridized carbons (Fsp3) is 0.333. The zero-order valence-electron chi connectivity index (χ0n) is 25.1. The van der Waals surface area contributed by atoms with E-state index in [1.54, 1.807) is 19.9 Å². The first-order valence-corrected chi connectivity index (χ1v) is 14.5. The second kappa shape index (κ2) is 11.2. The number of aryl methyl sites for hydroxylation is 2. The van der Waals surface area contributed by atoms with Crippen LogP contribution in [-0.4, -0.2) is 46.7 Å². The molecule has 3 heterocycles. The fourth-order valence-electron chi connectivity index (χ4n) is 5.80. The number of fused-ring (bicyclic) bond motifs is 2. The zero-order chi connectivity index (χ0) is 33.1. The summed E-state index contributed by atoms with van der Waals surface area (Å²) in [6.07, 6.45) is 2.63. The summed E-state index contributed by atoms with van der Waals surface area (Å²) >= 11 is 0. The van der Waals surface area contributed by atoms with E-state index in [2.05, 4.69) is 20.0 Å². The summed E-state index contributed by atoms with van der Waals surface area (Å²) in [5.41, 5.74) is 3.67. The molecule has 4 aromatic rings. The minimum Gasteiger partial charge on any atom is -0.489 e. The van der Waals surface area contributed by atoms with Gasteiger partial charge in [0.05, 0.1) is 12.2 Å². The van der Waals surface area contributed by atoms with Crippen LogP contribution in [0.1, 0.15) is 52.5 Å². The van der Waals surface area contributed by atoms with E-state index < -0.39 is 41.1 Å². The van der Waals surface area contributed by atoms with E-state index in [9.17, 15) is 27.9 Å². The van der Waals surface area contributed by atoms with Crippen molar-refractivity contribution in [3.63, 3.8) is 0 Å². The van der Waals surface area contributed by atoms with E-state index in [0.717, 1.165) is 11.6 Å². The number of nitrogens with one attached hydrogen (secondary N) is 1. The molecule has 9 nitrogen and oxygen atoms in total. The summed E-state index contributed by atoms with van der Waals surface area (Å²) in [6.45, 7) is 1.05. The average molecular weight is 639 g/mol. The Morgan fingerprint density at radius 2 is 1.89 bits per heavy atom. The van der Waals surface area contributed by atoms with Crippen LogP contribution in [0.25, 0.3) is 22.2 Å². The van der Waals surface area contributed by atoms with Crippen molar-refractivity contribution < 1.29 is 41.7 Å². The lowest BCUT2D eigenvalue weighted by atomic mass is 9.81. The third-order valence-electron chi connectivity index (χ3n) is 8.70. The molecular weight excluding hydrogens is 608 g/mol. The number of primary amides is 1. The van der Waals surface area contributed by atoms with Gasteiger partial charge in [-0.15, -0.1) is 0 Å². The maximum Gasteiger partial charge on any atom is 0.387 e. The van der Waals surface area contributed by atoms with Crippen molar-refractivity contribution in [2.45, 2.75) is 51.2 Å². The molecule has 0 unspecified atom stereocenters. The molecule has 46 heavy (non-hydrogen) atoms. The number of ether oxygens (including phenoxy) is 2. The number of nitrogens with zero attached hydrogens (tertiary/aromatic N) is 2. The largest absolute Gasteiger partial charge is 0.489 e. The molecule has 2 amide bonds. The first-order valence-electron chi connectivity index (χ1n) is 14.5. The number of rotatable bonds is 9. The number of hydrogen-bond donors (Lipinski definition) is 3. The molecule has 4 N–H and O–H groups in total. The van der Waals surface area contributed by atoms with Crippen molar-refractivity contribution >= 4 is 22.7 Å². The molecule has 240 valence electrons. The van der Waals surface area contributed by atoms with Gasteiger partial charge in [0.1, 0.15) is 46.2 Å². The summed E-state index contributed by atoms with van der Waals surface area (Å²) in [5.74, 6) is -3.72. The number of halogens is 4. The molecule has 2 aromatic carbocycles. The fourth-order valence-corrected chi connectivity index (χ4v) is 5.80. The highest BCUT2D eigenvalue weighted by atomic mass is 19.3. The van der Waals surface area contributed by atoms with Crippen molar-refractivity contribution in [1.29, 1.82) is 0 Å². The molecular formula is C33H30F4N4O5. The molecule has 2 aromatic heterocycles. The topological polar surface area (TPSA) is 137 Å². The van der Waals surface area contributed by atoms with Gasteiger partial charge in [0.2, 0.25) is 5.91 Å². The maximum absolute atomic E-state index is 15.2. The highest BCUT2D eigenvalue weighted by Crippen LogP contribution is 2.50. The van der Waals surface area contributed by atoms with Gasteiger partial charge in [-0.2, -0.15) is 8.78 Å². The Hall–Kier alpha value is -4.78. The van der Waals surface area contributed by atoms with Gasteiger partial charge in [-0.3, -0.25) is 14.6 Å². The van der Waals surface area contributed by atoms with Crippen LogP contribution >= 0.6 is 0 Å².